The molecule has 6 heteroatoms. The number of sulfone groups is 1. The topological polar surface area (TPSA) is 72.6 Å². The summed E-state index contributed by atoms with van der Waals surface area (Å²) in [6.07, 6.45) is 0.680. The molecule has 1 heterocycles. The minimum atomic E-state index is -2.88. The minimum absolute atomic E-state index is 0.00315. The average molecular weight is 298 g/mol. The molecule has 2 N–H and O–H groups in total. The Morgan fingerprint density at radius 1 is 1.50 bits per heavy atom. The van der Waals surface area contributed by atoms with Gasteiger partial charge in [-0.25, -0.2) is 8.42 Å². The van der Waals surface area contributed by atoms with Gasteiger partial charge in [-0.1, -0.05) is 12.1 Å². The Balaban J connectivity index is 2.19. The Morgan fingerprint density at radius 3 is 2.80 bits per heavy atom. The third-order valence-electron chi connectivity index (χ3n) is 3.98. The van der Waals surface area contributed by atoms with E-state index in [0.717, 1.165) is 11.3 Å². The Kier molecular flexibility index (Phi) is 4.67. The van der Waals surface area contributed by atoms with Gasteiger partial charge in [-0.05, 0) is 31.2 Å². The van der Waals surface area contributed by atoms with Crippen molar-refractivity contribution < 1.29 is 13.2 Å². The second-order valence-electron chi connectivity index (χ2n) is 5.25. The third-order valence-corrected chi connectivity index (χ3v) is 5.73. The van der Waals surface area contributed by atoms with E-state index >= 15 is 0 Å². The van der Waals surface area contributed by atoms with Crippen LogP contribution in [0.15, 0.2) is 24.3 Å². The van der Waals surface area contributed by atoms with Gasteiger partial charge in [0.1, 0.15) is 5.75 Å². The van der Waals surface area contributed by atoms with Crippen LogP contribution in [0.2, 0.25) is 0 Å². The fourth-order valence-electron chi connectivity index (χ4n) is 2.74. The molecule has 1 aromatic rings. The van der Waals surface area contributed by atoms with Gasteiger partial charge in [-0.15, -0.1) is 0 Å². The standard InChI is InChI=1S/C14H22N2O3S/c1-16(12-6-7-20(17,18)10-12)14(9-15)11-4-3-5-13(8-11)19-2/h3-5,8,12,14H,6-7,9-10,15H2,1-2H3. The van der Waals surface area contributed by atoms with Crippen LogP contribution < -0.4 is 10.5 Å². The smallest absolute Gasteiger partial charge is 0.151 e. The molecule has 0 spiro atoms. The molecular formula is C14H22N2O3S. The lowest BCUT2D eigenvalue weighted by Gasteiger charge is -2.32. The van der Waals surface area contributed by atoms with E-state index in [-0.39, 0.29) is 23.6 Å². The molecule has 1 saturated heterocycles. The predicted molar refractivity (Wildman–Crippen MR) is 79.6 cm³/mol. The maximum atomic E-state index is 11.6. The van der Waals surface area contributed by atoms with Crippen molar-refractivity contribution in [1.82, 2.24) is 4.90 Å². The minimum Gasteiger partial charge on any atom is -0.497 e. The summed E-state index contributed by atoms with van der Waals surface area (Å²) in [6, 6.07) is 7.81. The number of benzene rings is 1. The van der Waals surface area contributed by atoms with Crippen LogP contribution >= 0.6 is 0 Å². The van der Waals surface area contributed by atoms with Gasteiger partial charge in [0.2, 0.25) is 0 Å². The highest BCUT2D eigenvalue weighted by Gasteiger charge is 2.33. The monoisotopic (exact) mass is 298 g/mol. The highest BCUT2D eigenvalue weighted by atomic mass is 32.2. The third kappa shape index (κ3) is 3.31. The van der Waals surface area contributed by atoms with Crippen molar-refractivity contribution in [3.63, 3.8) is 0 Å². The van der Waals surface area contributed by atoms with Crippen molar-refractivity contribution in [2.45, 2.75) is 18.5 Å². The highest BCUT2D eigenvalue weighted by molar-refractivity contribution is 7.91. The molecule has 1 aliphatic rings. The molecule has 112 valence electrons. The van der Waals surface area contributed by atoms with Gasteiger partial charge in [0.15, 0.2) is 9.84 Å². The molecule has 0 bridgehead atoms. The molecule has 1 fully saturated rings. The SMILES string of the molecule is COc1cccc(C(CN)N(C)C2CCS(=O)(=O)C2)c1. The van der Waals surface area contributed by atoms with E-state index < -0.39 is 9.84 Å². The van der Waals surface area contributed by atoms with Crippen molar-refractivity contribution in [2.24, 2.45) is 5.73 Å². The molecule has 0 aromatic heterocycles. The number of rotatable bonds is 5. The van der Waals surface area contributed by atoms with E-state index in [4.69, 9.17) is 10.5 Å². The van der Waals surface area contributed by atoms with Gasteiger partial charge in [0, 0.05) is 18.6 Å². The second-order valence-corrected chi connectivity index (χ2v) is 7.48. The van der Waals surface area contributed by atoms with Crippen molar-refractivity contribution in [3.8, 4) is 5.75 Å². The Morgan fingerprint density at radius 2 is 2.25 bits per heavy atom. The molecule has 0 aliphatic carbocycles. The Hall–Kier alpha value is -1.11. The molecule has 1 aliphatic heterocycles. The largest absolute Gasteiger partial charge is 0.497 e. The van der Waals surface area contributed by atoms with Crippen molar-refractivity contribution in [3.05, 3.63) is 29.8 Å². The lowest BCUT2D eigenvalue weighted by Crippen LogP contribution is -2.39. The van der Waals surface area contributed by atoms with Gasteiger partial charge in [0.25, 0.3) is 0 Å². The fraction of sp³-hybridized carbons (Fsp3) is 0.571. The van der Waals surface area contributed by atoms with Gasteiger partial charge < -0.3 is 10.5 Å². The predicted octanol–water partition coefficient (Wildman–Crippen LogP) is 0.814. The number of methoxy groups -OCH3 is 1. The fourth-order valence-corrected chi connectivity index (χ4v) is 4.52. The second kappa shape index (κ2) is 6.11. The Labute approximate surface area is 120 Å². The first kappa shape index (κ1) is 15.3. The molecule has 20 heavy (non-hydrogen) atoms. The van der Waals surface area contributed by atoms with E-state index in [2.05, 4.69) is 4.90 Å². The van der Waals surface area contributed by atoms with Crippen LogP contribution in [0.25, 0.3) is 0 Å². The van der Waals surface area contributed by atoms with Gasteiger partial charge in [0.05, 0.1) is 18.6 Å². The normalized spacial score (nSPS) is 22.9. The lowest BCUT2D eigenvalue weighted by molar-refractivity contribution is 0.192. The zero-order valence-corrected chi connectivity index (χ0v) is 12.8. The van der Waals surface area contributed by atoms with Gasteiger partial charge in [-0.2, -0.15) is 0 Å². The first-order chi connectivity index (χ1) is 9.46. The molecule has 0 amide bonds. The van der Waals surface area contributed by atoms with E-state index in [1.807, 2.05) is 31.3 Å². The van der Waals surface area contributed by atoms with Gasteiger partial charge >= 0.3 is 0 Å². The summed E-state index contributed by atoms with van der Waals surface area (Å²) in [4.78, 5) is 2.08. The first-order valence-corrected chi connectivity index (χ1v) is 8.55. The summed E-state index contributed by atoms with van der Waals surface area (Å²) in [5.41, 5.74) is 6.95. The molecular weight excluding hydrogens is 276 g/mol. The van der Waals surface area contributed by atoms with Crippen molar-refractivity contribution in [1.29, 1.82) is 0 Å². The summed E-state index contributed by atoms with van der Waals surface area (Å²) < 4.78 is 28.5. The maximum Gasteiger partial charge on any atom is 0.151 e. The summed E-state index contributed by atoms with van der Waals surface area (Å²) in [5, 5.41) is 0. The van der Waals surface area contributed by atoms with E-state index in [1.165, 1.54) is 0 Å². The first-order valence-electron chi connectivity index (χ1n) is 6.73. The van der Waals surface area contributed by atoms with Crippen LogP contribution in [-0.2, 0) is 9.84 Å². The molecule has 5 nitrogen and oxygen atoms in total. The van der Waals surface area contributed by atoms with E-state index in [0.29, 0.717) is 13.0 Å². The summed E-state index contributed by atoms with van der Waals surface area (Å²) in [7, 11) is 0.691. The van der Waals surface area contributed by atoms with E-state index in [9.17, 15) is 8.42 Å². The quantitative estimate of drug-likeness (QED) is 0.871. The molecule has 2 rings (SSSR count). The van der Waals surface area contributed by atoms with Crippen LogP contribution in [0, 0.1) is 0 Å². The molecule has 2 atom stereocenters. The number of nitrogens with two attached hydrogens (primary N) is 1. The molecule has 0 saturated carbocycles. The summed E-state index contributed by atoms with van der Waals surface area (Å²) in [6.45, 7) is 0.445. The average Bonchev–Trinajstić information content (AvgIpc) is 2.80. The summed E-state index contributed by atoms with van der Waals surface area (Å²) >= 11 is 0. The number of hydrogen-bond acceptors (Lipinski definition) is 5. The van der Waals surface area contributed by atoms with Crippen LogP contribution in [-0.4, -0.2) is 51.6 Å². The van der Waals surface area contributed by atoms with Crippen molar-refractivity contribution in [2.75, 3.05) is 32.2 Å². The zero-order valence-electron chi connectivity index (χ0n) is 12.0. The van der Waals surface area contributed by atoms with Gasteiger partial charge in [-0.3, -0.25) is 4.90 Å². The van der Waals surface area contributed by atoms with E-state index in [1.54, 1.807) is 7.11 Å². The Bertz CT molecular complexity index is 559. The molecule has 1 aromatic carbocycles. The van der Waals surface area contributed by atoms with Crippen LogP contribution in [0.5, 0.6) is 5.75 Å². The highest BCUT2D eigenvalue weighted by Crippen LogP contribution is 2.27. The number of nitrogens with zero attached hydrogens (tertiary/aromatic N) is 1. The molecule has 0 radical (unpaired) electrons. The van der Waals surface area contributed by atoms with Crippen LogP contribution in [0.3, 0.4) is 0 Å². The van der Waals surface area contributed by atoms with Crippen molar-refractivity contribution >= 4 is 9.84 Å². The number of likely N-dealkylation sites (N-methyl/N-ethyl adjacent to an activating group) is 1. The lowest BCUT2D eigenvalue weighted by atomic mass is 10.0. The summed E-state index contributed by atoms with van der Waals surface area (Å²) in [5.74, 6) is 1.29. The van der Waals surface area contributed by atoms with Crippen LogP contribution in [0.1, 0.15) is 18.0 Å². The zero-order chi connectivity index (χ0) is 14.8. The number of hydrogen-bond donors (Lipinski definition) is 1. The van der Waals surface area contributed by atoms with Crippen LogP contribution in [0.4, 0.5) is 0 Å². The molecule has 2 unspecified atom stereocenters. The number of ether oxygens (including phenoxy) is 1. The maximum absolute atomic E-state index is 11.6.